The van der Waals surface area contributed by atoms with E-state index in [1.807, 2.05) is 24.3 Å². The highest BCUT2D eigenvalue weighted by atomic mass is 16.2. The van der Waals surface area contributed by atoms with Crippen LogP contribution >= 0.6 is 0 Å². The molecule has 2 aromatic carbocycles. The van der Waals surface area contributed by atoms with Crippen LogP contribution in [-0.4, -0.2) is 23.3 Å². The average molecular weight is 263 g/mol. The van der Waals surface area contributed by atoms with E-state index >= 15 is 0 Å². The lowest BCUT2D eigenvalue weighted by Crippen LogP contribution is -2.40. The van der Waals surface area contributed by atoms with Gasteiger partial charge in [0.2, 0.25) is 0 Å². The highest BCUT2D eigenvalue weighted by molar-refractivity contribution is 6.25. The van der Waals surface area contributed by atoms with Crippen LogP contribution in [0.5, 0.6) is 0 Å². The molecule has 0 N–H and O–H groups in total. The molecule has 0 spiro atoms. The van der Waals surface area contributed by atoms with Crippen LogP contribution in [0.25, 0.3) is 10.8 Å². The summed E-state index contributed by atoms with van der Waals surface area (Å²) in [6.07, 6.45) is 6.40. The van der Waals surface area contributed by atoms with E-state index in [9.17, 15) is 9.59 Å². The van der Waals surface area contributed by atoms with Crippen LogP contribution in [0.15, 0.2) is 36.4 Å². The van der Waals surface area contributed by atoms with Gasteiger partial charge in [-0.25, -0.2) is 0 Å². The van der Waals surface area contributed by atoms with Gasteiger partial charge in [-0.15, -0.1) is 12.3 Å². The number of carbonyl (C=O) groups is 2. The fourth-order valence-electron chi connectivity index (χ4n) is 2.62. The Labute approximate surface area is 117 Å². The van der Waals surface area contributed by atoms with E-state index in [1.54, 1.807) is 12.1 Å². The molecule has 0 aliphatic carbocycles. The van der Waals surface area contributed by atoms with Gasteiger partial charge in [0, 0.05) is 29.5 Å². The molecule has 0 unspecified atom stereocenters. The van der Waals surface area contributed by atoms with E-state index in [0.29, 0.717) is 30.5 Å². The quantitative estimate of drug-likeness (QED) is 0.485. The Bertz CT molecular complexity index is 704. The van der Waals surface area contributed by atoms with Crippen molar-refractivity contribution in [1.82, 2.24) is 4.90 Å². The number of rotatable bonds is 3. The number of hydrogen-bond acceptors (Lipinski definition) is 2. The van der Waals surface area contributed by atoms with Crippen molar-refractivity contribution in [3.63, 3.8) is 0 Å². The normalized spacial score (nSPS) is 13.7. The fraction of sp³-hybridized carbons (Fsp3) is 0.176. The van der Waals surface area contributed by atoms with Crippen molar-refractivity contribution >= 4 is 22.6 Å². The summed E-state index contributed by atoms with van der Waals surface area (Å²) in [6.45, 7) is 0.368. The SMILES string of the molecule is C#CCCCN1C(=O)c2cccc3cccc(c23)C1=O. The smallest absolute Gasteiger partial charge is 0.261 e. The number of nitrogens with zero attached hydrogens (tertiary/aromatic N) is 1. The predicted molar refractivity (Wildman–Crippen MR) is 77.4 cm³/mol. The lowest BCUT2D eigenvalue weighted by Gasteiger charge is -2.26. The van der Waals surface area contributed by atoms with Crippen molar-refractivity contribution in [3.8, 4) is 12.3 Å². The van der Waals surface area contributed by atoms with Crippen molar-refractivity contribution in [1.29, 1.82) is 0 Å². The Morgan fingerprint density at radius 1 is 1.00 bits per heavy atom. The standard InChI is InChI=1S/C17H13NO2/c1-2-3-4-11-18-16(19)13-9-5-7-12-8-6-10-14(15(12)13)17(18)20/h1,5-10H,3-4,11H2. The average Bonchev–Trinajstić information content (AvgIpc) is 2.48. The number of unbranched alkanes of at least 4 members (excludes halogenated alkanes) is 1. The van der Waals surface area contributed by atoms with Gasteiger partial charge in [0.15, 0.2) is 0 Å². The van der Waals surface area contributed by atoms with Crippen molar-refractivity contribution in [3.05, 3.63) is 47.5 Å². The highest BCUT2D eigenvalue weighted by Crippen LogP contribution is 2.29. The topological polar surface area (TPSA) is 37.4 Å². The van der Waals surface area contributed by atoms with E-state index in [0.717, 1.165) is 10.8 Å². The minimum Gasteiger partial charge on any atom is -0.274 e. The van der Waals surface area contributed by atoms with Gasteiger partial charge in [-0.1, -0.05) is 24.3 Å². The summed E-state index contributed by atoms with van der Waals surface area (Å²) in [5, 5.41) is 1.68. The second-order valence-corrected chi connectivity index (χ2v) is 4.78. The van der Waals surface area contributed by atoms with E-state index < -0.39 is 0 Å². The number of benzene rings is 2. The monoisotopic (exact) mass is 263 g/mol. The maximum absolute atomic E-state index is 12.5. The number of terminal acetylenes is 1. The first-order valence-corrected chi connectivity index (χ1v) is 6.55. The third-order valence-electron chi connectivity index (χ3n) is 3.56. The second kappa shape index (κ2) is 4.82. The molecule has 0 atom stereocenters. The molecule has 0 aromatic heterocycles. The zero-order chi connectivity index (χ0) is 14.1. The van der Waals surface area contributed by atoms with Gasteiger partial charge in [0.25, 0.3) is 11.8 Å². The fourth-order valence-corrected chi connectivity index (χ4v) is 2.62. The molecular weight excluding hydrogens is 250 g/mol. The number of carbonyl (C=O) groups excluding carboxylic acids is 2. The molecule has 1 aliphatic rings. The van der Waals surface area contributed by atoms with Crippen LogP contribution in [0.4, 0.5) is 0 Å². The van der Waals surface area contributed by atoms with Crippen LogP contribution < -0.4 is 0 Å². The number of imide groups is 1. The first kappa shape index (κ1) is 12.4. The lowest BCUT2D eigenvalue weighted by atomic mass is 9.94. The molecule has 0 saturated heterocycles. The Morgan fingerprint density at radius 3 is 2.15 bits per heavy atom. The third kappa shape index (κ3) is 1.78. The Hall–Kier alpha value is -2.60. The minimum atomic E-state index is -0.226. The molecule has 0 radical (unpaired) electrons. The predicted octanol–water partition coefficient (Wildman–Crippen LogP) is 2.85. The molecule has 2 amide bonds. The molecule has 0 saturated carbocycles. The summed E-state index contributed by atoms with van der Waals surface area (Å²) in [4.78, 5) is 26.2. The molecule has 1 aliphatic heterocycles. The van der Waals surface area contributed by atoms with Crippen molar-refractivity contribution in [2.24, 2.45) is 0 Å². The molecule has 0 fully saturated rings. The highest BCUT2D eigenvalue weighted by Gasteiger charge is 2.31. The van der Waals surface area contributed by atoms with Gasteiger partial charge in [-0.05, 0) is 23.9 Å². The van der Waals surface area contributed by atoms with Gasteiger partial charge < -0.3 is 0 Å². The molecule has 3 rings (SSSR count). The number of hydrogen-bond donors (Lipinski definition) is 0. The largest absolute Gasteiger partial charge is 0.274 e. The first-order valence-electron chi connectivity index (χ1n) is 6.55. The van der Waals surface area contributed by atoms with Gasteiger partial charge in [-0.2, -0.15) is 0 Å². The molecule has 0 bridgehead atoms. The van der Waals surface area contributed by atoms with Crippen LogP contribution in [0, 0.1) is 12.3 Å². The van der Waals surface area contributed by atoms with E-state index in [1.165, 1.54) is 4.90 Å². The van der Waals surface area contributed by atoms with Crippen molar-refractivity contribution < 1.29 is 9.59 Å². The maximum atomic E-state index is 12.5. The van der Waals surface area contributed by atoms with E-state index in [2.05, 4.69) is 5.92 Å². The van der Waals surface area contributed by atoms with Crippen LogP contribution in [0.1, 0.15) is 33.6 Å². The second-order valence-electron chi connectivity index (χ2n) is 4.78. The Kier molecular flexibility index (Phi) is 3.00. The van der Waals surface area contributed by atoms with Crippen LogP contribution in [-0.2, 0) is 0 Å². The zero-order valence-electron chi connectivity index (χ0n) is 10.9. The minimum absolute atomic E-state index is 0.226. The lowest BCUT2D eigenvalue weighted by molar-refractivity contribution is 0.0609. The summed E-state index contributed by atoms with van der Waals surface area (Å²) in [6, 6.07) is 11.1. The number of amides is 2. The molecule has 98 valence electrons. The van der Waals surface area contributed by atoms with Crippen molar-refractivity contribution in [2.75, 3.05) is 6.54 Å². The van der Waals surface area contributed by atoms with Gasteiger partial charge in [0.1, 0.15) is 0 Å². The summed E-state index contributed by atoms with van der Waals surface area (Å²) in [7, 11) is 0. The molecular formula is C17H13NO2. The van der Waals surface area contributed by atoms with Crippen LogP contribution in [0.3, 0.4) is 0 Å². The first-order chi connectivity index (χ1) is 9.74. The van der Waals surface area contributed by atoms with Gasteiger partial charge in [-0.3, -0.25) is 14.5 Å². The molecule has 3 nitrogen and oxygen atoms in total. The maximum Gasteiger partial charge on any atom is 0.261 e. The van der Waals surface area contributed by atoms with Crippen molar-refractivity contribution in [2.45, 2.75) is 12.8 Å². The Balaban J connectivity index is 2.10. The summed E-state index contributed by atoms with van der Waals surface area (Å²) in [5.74, 6) is 2.08. The van der Waals surface area contributed by atoms with Gasteiger partial charge >= 0.3 is 0 Å². The molecule has 3 heteroatoms. The Morgan fingerprint density at radius 2 is 1.60 bits per heavy atom. The molecule has 2 aromatic rings. The van der Waals surface area contributed by atoms with E-state index in [-0.39, 0.29) is 11.8 Å². The van der Waals surface area contributed by atoms with E-state index in [4.69, 9.17) is 6.42 Å². The zero-order valence-corrected chi connectivity index (χ0v) is 10.9. The molecule has 1 heterocycles. The summed E-state index contributed by atoms with van der Waals surface area (Å²) >= 11 is 0. The molecule has 20 heavy (non-hydrogen) atoms. The summed E-state index contributed by atoms with van der Waals surface area (Å²) < 4.78 is 0. The summed E-state index contributed by atoms with van der Waals surface area (Å²) in [5.41, 5.74) is 1.19. The van der Waals surface area contributed by atoms with Crippen LogP contribution in [0.2, 0.25) is 0 Å². The van der Waals surface area contributed by atoms with Gasteiger partial charge in [0.05, 0.1) is 0 Å². The third-order valence-corrected chi connectivity index (χ3v) is 3.56.